The van der Waals surface area contributed by atoms with E-state index in [0.717, 1.165) is 40.8 Å². The summed E-state index contributed by atoms with van der Waals surface area (Å²) in [6.45, 7) is 0. The number of rotatable bonds is 6. The molecule has 14 heteroatoms. The number of methoxy groups -OCH3 is 2. The van der Waals surface area contributed by atoms with Crippen molar-refractivity contribution in [3.8, 4) is 22.7 Å². The smallest absolute Gasteiger partial charge is 0.435 e. The van der Waals surface area contributed by atoms with Gasteiger partial charge in [0.15, 0.2) is 11.5 Å². The monoisotopic (exact) mass is 518 g/mol. The van der Waals surface area contributed by atoms with E-state index in [1.165, 1.54) is 38.7 Å². The highest BCUT2D eigenvalue weighted by Crippen LogP contribution is 2.31. The van der Waals surface area contributed by atoms with E-state index in [4.69, 9.17) is 4.74 Å². The molecule has 1 aromatic carbocycles. The summed E-state index contributed by atoms with van der Waals surface area (Å²) in [7, 11) is 3.85. The molecule has 4 rings (SSSR count). The molecule has 0 saturated carbocycles. The lowest BCUT2D eigenvalue weighted by atomic mass is 10.1. The van der Waals surface area contributed by atoms with Gasteiger partial charge in [-0.15, -0.1) is 0 Å². The maximum absolute atomic E-state index is 13.9. The third kappa shape index (κ3) is 5.27. The number of esters is 1. The molecule has 0 radical (unpaired) electrons. The van der Waals surface area contributed by atoms with Gasteiger partial charge in [0.1, 0.15) is 17.1 Å². The quantitative estimate of drug-likeness (QED) is 0.304. The van der Waals surface area contributed by atoms with Gasteiger partial charge in [0.05, 0.1) is 14.2 Å². The van der Waals surface area contributed by atoms with E-state index in [-0.39, 0.29) is 39.9 Å². The lowest BCUT2D eigenvalue weighted by Gasteiger charge is -2.14. The lowest BCUT2D eigenvalue weighted by Crippen LogP contribution is -2.25. The summed E-state index contributed by atoms with van der Waals surface area (Å²) in [4.78, 5) is 33.0. The van der Waals surface area contributed by atoms with Gasteiger partial charge in [-0.1, -0.05) is 0 Å². The lowest BCUT2D eigenvalue weighted by molar-refractivity contribution is -0.141. The van der Waals surface area contributed by atoms with E-state index in [0.29, 0.717) is 0 Å². The zero-order chi connectivity index (χ0) is 26.9. The number of hydrogen-bond acceptors (Lipinski definition) is 8. The maximum Gasteiger partial charge on any atom is 0.435 e. The number of nitrogens with one attached hydrogen (secondary N) is 1. The summed E-state index contributed by atoms with van der Waals surface area (Å²) in [5, 5.41) is 6.34. The number of halogens is 4. The Balaban J connectivity index is 1.88. The molecule has 1 N–H and O–H groups in total. The first-order valence-electron chi connectivity index (χ1n) is 10.4. The van der Waals surface area contributed by atoms with Crippen LogP contribution in [0.2, 0.25) is 0 Å². The average Bonchev–Trinajstić information content (AvgIpc) is 3.36. The van der Waals surface area contributed by atoms with Crippen LogP contribution < -0.4 is 15.6 Å². The minimum Gasteiger partial charge on any atom is -0.497 e. The number of carbonyl (C=O) groups excluding carboxylic acids is 1. The van der Waals surface area contributed by atoms with Crippen molar-refractivity contribution >= 4 is 17.6 Å². The summed E-state index contributed by atoms with van der Waals surface area (Å²) in [5.74, 6) is -1.52. The Kier molecular flexibility index (Phi) is 6.66. The van der Waals surface area contributed by atoms with Crippen LogP contribution in [-0.2, 0) is 18.0 Å². The minimum atomic E-state index is -4.72. The van der Waals surface area contributed by atoms with Crippen LogP contribution in [0.1, 0.15) is 16.1 Å². The third-order valence-electron chi connectivity index (χ3n) is 5.13. The highest BCUT2D eigenvalue weighted by atomic mass is 19.4. The normalized spacial score (nSPS) is 11.3. The number of hydrogen-bond donors (Lipinski definition) is 1. The zero-order valence-corrected chi connectivity index (χ0v) is 19.5. The Morgan fingerprint density at radius 2 is 1.89 bits per heavy atom. The van der Waals surface area contributed by atoms with Crippen LogP contribution in [0, 0.1) is 5.82 Å². The van der Waals surface area contributed by atoms with Gasteiger partial charge < -0.3 is 19.4 Å². The van der Waals surface area contributed by atoms with Crippen LogP contribution in [0.4, 0.5) is 29.2 Å². The molecule has 3 aromatic heterocycles. The fourth-order valence-corrected chi connectivity index (χ4v) is 3.40. The van der Waals surface area contributed by atoms with Gasteiger partial charge >= 0.3 is 12.1 Å². The summed E-state index contributed by atoms with van der Waals surface area (Å²) < 4.78 is 65.3. The number of ether oxygens (including phenoxy) is 2. The van der Waals surface area contributed by atoms with Crippen LogP contribution in [-0.4, -0.2) is 44.5 Å². The molecule has 37 heavy (non-hydrogen) atoms. The Labute approximate surface area is 206 Å². The summed E-state index contributed by atoms with van der Waals surface area (Å²) in [6.07, 6.45) is -1.05. The number of anilines is 2. The van der Waals surface area contributed by atoms with Crippen molar-refractivity contribution in [1.29, 1.82) is 0 Å². The third-order valence-corrected chi connectivity index (χ3v) is 5.13. The first-order valence-corrected chi connectivity index (χ1v) is 10.4. The summed E-state index contributed by atoms with van der Waals surface area (Å²) in [6, 6.07) is 5.74. The maximum atomic E-state index is 13.9. The van der Waals surface area contributed by atoms with Gasteiger partial charge in [-0.25, -0.2) is 18.9 Å². The van der Waals surface area contributed by atoms with Crippen LogP contribution in [0.25, 0.3) is 16.9 Å². The van der Waals surface area contributed by atoms with Gasteiger partial charge in [-0.2, -0.15) is 23.3 Å². The SMILES string of the molecule is COC(=O)c1cc(-c2cnc(Nc3cc(F)cc(OC)c3)nc2-n2ccc(C(F)(F)F)n2)cn(C)c1=O. The van der Waals surface area contributed by atoms with E-state index >= 15 is 0 Å². The van der Waals surface area contributed by atoms with Crippen LogP contribution in [0.5, 0.6) is 5.75 Å². The number of aryl methyl sites for hydroxylation is 1. The van der Waals surface area contributed by atoms with Gasteiger partial charge in [0.25, 0.3) is 5.56 Å². The van der Waals surface area contributed by atoms with Crippen molar-refractivity contribution in [3.05, 3.63) is 76.4 Å². The highest BCUT2D eigenvalue weighted by molar-refractivity contribution is 5.90. The van der Waals surface area contributed by atoms with Gasteiger partial charge in [-0.05, 0) is 18.2 Å². The molecule has 3 heterocycles. The van der Waals surface area contributed by atoms with Crippen molar-refractivity contribution in [2.24, 2.45) is 7.05 Å². The average molecular weight is 518 g/mol. The molecule has 0 unspecified atom stereocenters. The summed E-state index contributed by atoms with van der Waals surface area (Å²) in [5.41, 5.74) is -1.55. The zero-order valence-electron chi connectivity index (χ0n) is 19.5. The van der Waals surface area contributed by atoms with Gasteiger partial charge in [0.2, 0.25) is 5.95 Å². The van der Waals surface area contributed by atoms with Crippen molar-refractivity contribution in [2.75, 3.05) is 19.5 Å². The number of alkyl halides is 3. The molecule has 192 valence electrons. The number of pyridine rings is 1. The molecule has 0 amide bonds. The minimum absolute atomic E-state index is 0.103. The standard InChI is InChI=1S/C23H18F4N6O4/c1-32-11-12(6-16(20(32)34)21(35)37-3)17-10-28-22(29-14-7-13(24)8-15(9-14)36-2)30-19(17)33-5-4-18(31-33)23(25,26)27/h4-11H,1-3H3,(H,28,29,30). The van der Waals surface area contributed by atoms with E-state index in [1.807, 2.05) is 0 Å². The molecule has 0 aliphatic carbocycles. The molecule has 0 fully saturated rings. The molecule has 0 bridgehead atoms. The molecule has 4 aromatic rings. The van der Waals surface area contributed by atoms with E-state index in [1.54, 1.807) is 0 Å². The van der Waals surface area contributed by atoms with Crippen molar-refractivity contribution in [3.63, 3.8) is 0 Å². The fraction of sp³-hybridized carbons (Fsp3) is 0.174. The predicted octanol–water partition coefficient (Wildman–Crippen LogP) is 3.72. The highest BCUT2D eigenvalue weighted by Gasteiger charge is 2.34. The molecular formula is C23H18F4N6O4. The molecule has 0 atom stereocenters. The van der Waals surface area contributed by atoms with Gasteiger partial charge in [-0.3, -0.25) is 4.79 Å². The number of nitrogens with zero attached hydrogens (tertiary/aromatic N) is 5. The topological polar surface area (TPSA) is 113 Å². The Bertz CT molecular complexity index is 1550. The largest absolute Gasteiger partial charge is 0.497 e. The van der Waals surface area contributed by atoms with Crippen molar-refractivity contribution in [1.82, 2.24) is 24.3 Å². The predicted molar refractivity (Wildman–Crippen MR) is 122 cm³/mol. The molecule has 0 saturated heterocycles. The molecule has 0 aliphatic rings. The Morgan fingerprint density at radius 3 is 2.54 bits per heavy atom. The van der Waals surface area contributed by atoms with Crippen molar-refractivity contribution < 1.29 is 31.8 Å². The molecule has 0 spiro atoms. The van der Waals surface area contributed by atoms with Crippen LogP contribution >= 0.6 is 0 Å². The second-order valence-electron chi connectivity index (χ2n) is 7.63. The Hall–Kier alpha value is -4.75. The Morgan fingerprint density at radius 1 is 1.14 bits per heavy atom. The first kappa shape index (κ1) is 25.3. The fourth-order valence-electron chi connectivity index (χ4n) is 3.40. The number of carbonyl (C=O) groups is 1. The van der Waals surface area contributed by atoms with Crippen LogP contribution in [0.15, 0.2) is 53.7 Å². The number of benzene rings is 1. The first-order chi connectivity index (χ1) is 17.5. The van der Waals surface area contributed by atoms with E-state index in [2.05, 4.69) is 25.1 Å². The summed E-state index contributed by atoms with van der Waals surface area (Å²) >= 11 is 0. The second kappa shape index (κ2) is 9.72. The second-order valence-corrected chi connectivity index (χ2v) is 7.63. The van der Waals surface area contributed by atoms with Crippen LogP contribution in [0.3, 0.4) is 0 Å². The molecule has 10 nitrogen and oxygen atoms in total. The molecular weight excluding hydrogens is 500 g/mol. The van der Waals surface area contributed by atoms with E-state index < -0.39 is 29.2 Å². The van der Waals surface area contributed by atoms with Crippen molar-refractivity contribution in [2.45, 2.75) is 6.18 Å². The molecule has 0 aliphatic heterocycles. The van der Waals surface area contributed by atoms with Gasteiger partial charge in [0, 0.05) is 54.6 Å². The van der Waals surface area contributed by atoms with E-state index in [9.17, 15) is 27.2 Å². The number of aromatic nitrogens is 5.